The predicted octanol–water partition coefficient (Wildman–Crippen LogP) is 3.90. The minimum Gasteiger partial charge on any atom is -0.379 e. The van der Waals surface area contributed by atoms with Crippen molar-refractivity contribution >= 4 is 39.5 Å². The van der Waals surface area contributed by atoms with Crippen LogP contribution in [0.2, 0.25) is 0 Å². The summed E-state index contributed by atoms with van der Waals surface area (Å²) >= 11 is 3.42. The van der Waals surface area contributed by atoms with Gasteiger partial charge in [-0.2, -0.15) is 5.10 Å². The maximum atomic E-state index is 13.5. The lowest BCUT2D eigenvalue weighted by Crippen LogP contribution is -2.48. The summed E-state index contributed by atoms with van der Waals surface area (Å²) in [4.78, 5) is 55.3. The van der Waals surface area contributed by atoms with Crippen LogP contribution in [0.5, 0.6) is 0 Å². The van der Waals surface area contributed by atoms with Gasteiger partial charge in [-0.05, 0) is 82.9 Å². The van der Waals surface area contributed by atoms with Gasteiger partial charge in [0.05, 0.1) is 11.9 Å². The molecule has 6 rings (SSSR count). The number of benzene rings is 2. The average molecular weight is 691 g/mol. The number of nitrogens with one attached hydrogen (secondary N) is 2. The number of urea groups is 1. The van der Waals surface area contributed by atoms with Crippen molar-refractivity contribution in [2.75, 3.05) is 45.1 Å². The molecule has 2 N–H and O–H groups in total. The van der Waals surface area contributed by atoms with E-state index in [1.54, 1.807) is 18.1 Å². The van der Waals surface area contributed by atoms with Crippen molar-refractivity contribution in [2.24, 2.45) is 7.05 Å². The number of nitrogens with zero attached hydrogens (tertiary/aromatic N) is 5. The number of carbonyl (C=O) groups excluding carboxylic acids is 3. The highest BCUT2D eigenvalue weighted by Gasteiger charge is 2.29. The maximum absolute atomic E-state index is 13.5. The Morgan fingerprint density at radius 1 is 0.978 bits per heavy atom. The molecule has 2 aromatic carbocycles. The normalized spacial score (nSPS) is 21.3. The molecule has 0 radical (unpaired) electrons. The molecule has 0 aliphatic carbocycles. The number of hydrogen-bond acceptors (Lipinski definition) is 7. The molecule has 0 unspecified atom stereocenters. The second-order valence-corrected chi connectivity index (χ2v) is 13.5. The lowest BCUT2D eigenvalue weighted by atomic mass is 9.87. The Hall–Kier alpha value is -4.03. The number of amides is 4. The molecule has 4 amide bonds. The number of likely N-dealkylation sites (tertiary alicyclic amines) is 2. The SMILES string of the molecule is CN1C[C@@H](Nc2cnn(C)c(=O)c2Br)C[C@@H](c2ccc(C(=O)N3CCC(c4cccc(CN5CCC(=O)NC5=O)c4)CC3)cc2)C1. The molecule has 3 aliphatic rings. The number of piperidine rings is 2. The number of aryl methyl sites for hydroxylation is 1. The fourth-order valence-electron chi connectivity index (χ4n) is 6.91. The summed E-state index contributed by atoms with van der Waals surface area (Å²) in [6.07, 6.45) is 4.67. The van der Waals surface area contributed by atoms with Gasteiger partial charge in [0.25, 0.3) is 11.5 Å². The maximum Gasteiger partial charge on any atom is 0.324 e. The van der Waals surface area contributed by atoms with Crippen LogP contribution in [0.25, 0.3) is 0 Å². The Morgan fingerprint density at radius 3 is 2.48 bits per heavy atom. The number of carbonyl (C=O) groups is 3. The minimum absolute atomic E-state index is 0.0627. The molecule has 0 saturated carbocycles. The van der Waals surface area contributed by atoms with Gasteiger partial charge in [0, 0.05) is 64.3 Å². The molecule has 3 saturated heterocycles. The van der Waals surface area contributed by atoms with Crippen LogP contribution in [0.3, 0.4) is 0 Å². The van der Waals surface area contributed by atoms with E-state index in [4.69, 9.17) is 0 Å². The quantitative estimate of drug-likeness (QED) is 0.386. The zero-order chi connectivity index (χ0) is 32.4. The predicted molar refractivity (Wildman–Crippen MR) is 179 cm³/mol. The second-order valence-electron chi connectivity index (χ2n) is 12.8. The van der Waals surface area contributed by atoms with Crippen LogP contribution in [0, 0.1) is 0 Å². The van der Waals surface area contributed by atoms with E-state index in [2.05, 4.69) is 67.9 Å². The van der Waals surface area contributed by atoms with Crippen LogP contribution >= 0.6 is 15.9 Å². The first kappa shape index (κ1) is 31.9. The molecule has 11 nitrogen and oxygen atoms in total. The average Bonchev–Trinajstić information content (AvgIpc) is 3.06. The molecular formula is C34H40BrN7O4. The molecule has 4 heterocycles. The number of rotatable bonds is 7. The first-order chi connectivity index (χ1) is 22.1. The van der Waals surface area contributed by atoms with Crippen molar-refractivity contribution in [3.63, 3.8) is 0 Å². The van der Waals surface area contributed by atoms with E-state index in [0.717, 1.165) is 37.9 Å². The van der Waals surface area contributed by atoms with Crippen molar-refractivity contribution < 1.29 is 14.4 Å². The van der Waals surface area contributed by atoms with Gasteiger partial charge in [0.2, 0.25) is 5.91 Å². The van der Waals surface area contributed by atoms with Gasteiger partial charge in [-0.1, -0.05) is 36.4 Å². The molecule has 0 spiro atoms. The van der Waals surface area contributed by atoms with E-state index in [1.165, 1.54) is 15.8 Å². The number of likely N-dealkylation sites (N-methyl/N-ethyl adjacent to an activating group) is 1. The molecule has 1 aromatic heterocycles. The molecule has 242 valence electrons. The van der Waals surface area contributed by atoms with Crippen LogP contribution in [-0.2, 0) is 18.4 Å². The monoisotopic (exact) mass is 689 g/mol. The van der Waals surface area contributed by atoms with E-state index in [0.29, 0.717) is 54.2 Å². The number of halogens is 1. The fraction of sp³-hybridized carbons (Fsp3) is 0.441. The first-order valence-electron chi connectivity index (χ1n) is 15.9. The summed E-state index contributed by atoms with van der Waals surface area (Å²) in [5.74, 6) is 0.477. The highest BCUT2D eigenvalue weighted by Crippen LogP contribution is 2.32. The van der Waals surface area contributed by atoms with Crippen LogP contribution in [-0.4, -0.2) is 88.1 Å². The first-order valence-corrected chi connectivity index (χ1v) is 16.7. The summed E-state index contributed by atoms with van der Waals surface area (Å²) in [6.45, 7) is 4.06. The van der Waals surface area contributed by atoms with Crippen LogP contribution < -0.4 is 16.2 Å². The van der Waals surface area contributed by atoms with Crippen molar-refractivity contribution in [3.8, 4) is 0 Å². The van der Waals surface area contributed by atoms with Crippen molar-refractivity contribution in [3.05, 3.63) is 91.8 Å². The third kappa shape index (κ3) is 7.18. The molecule has 3 aromatic rings. The van der Waals surface area contributed by atoms with Crippen molar-refractivity contribution in [1.82, 2.24) is 29.8 Å². The van der Waals surface area contributed by atoms with Crippen LogP contribution in [0.15, 0.2) is 64.0 Å². The third-order valence-electron chi connectivity index (χ3n) is 9.42. The summed E-state index contributed by atoms with van der Waals surface area (Å²) in [6, 6.07) is 16.2. The Morgan fingerprint density at radius 2 is 1.74 bits per heavy atom. The van der Waals surface area contributed by atoms with Gasteiger partial charge < -0.3 is 20.0 Å². The number of anilines is 1. The van der Waals surface area contributed by atoms with Gasteiger partial charge in [-0.15, -0.1) is 0 Å². The Balaban J connectivity index is 1.03. The molecular weight excluding hydrogens is 650 g/mol. The Kier molecular flexibility index (Phi) is 9.55. The van der Waals surface area contributed by atoms with E-state index in [9.17, 15) is 19.2 Å². The van der Waals surface area contributed by atoms with E-state index >= 15 is 0 Å². The second kappa shape index (κ2) is 13.8. The van der Waals surface area contributed by atoms with Crippen molar-refractivity contribution in [1.29, 1.82) is 0 Å². The molecule has 3 fully saturated rings. The Bertz CT molecular complexity index is 1670. The standard InChI is InChI=1S/C34H40BrN7O4/c1-39-20-27(17-28(21-39)37-29-18-36-40(2)33(45)31(29)35)23-6-8-25(9-7-23)32(44)41-13-10-24(11-14-41)26-5-3-4-22(16-26)19-42-15-12-30(43)38-34(42)46/h3-9,16,18,24,27-28,37H,10-15,17,19-21H2,1-2H3,(H,38,43,46)/t27-,28+/m1/s1. The van der Waals surface area contributed by atoms with E-state index in [1.807, 2.05) is 29.2 Å². The van der Waals surface area contributed by atoms with Crippen molar-refractivity contribution in [2.45, 2.75) is 50.1 Å². The number of aromatic nitrogens is 2. The van der Waals surface area contributed by atoms with Gasteiger partial charge in [-0.25, -0.2) is 9.48 Å². The topological polar surface area (TPSA) is 120 Å². The van der Waals surface area contributed by atoms with Gasteiger partial charge in [0.15, 0.2) is 0 Å². The molecule has 12 heteroatoms. The number of imide groups is 1. The highest BCUT2D eigenvalue weighted by atomic mass is 79.9. The lowest BCUT2D eigenvalue weighted by Gasteiger charge is -2.37. The fourth-order valence-corrected chi connectivity index (χ4v) is 7.38. The molecule has 2 atom stereocenters. The third-order valence-corrected chi connectivity index (χ3v) is 10.2. The minimum atomic E-state index is -0.336. The molecule has 3 aliphatic heterocycles. The molecule has 0 bridgehead atoms. The summed E-state index contributed by atoms with van der Waals surface area (Å²) < 4.78 is 1.79. The van der Waals surface area contributed by atoms with Crippen LogP contribution in [0.4, 0.5) is 10.5 Å². The van der Waals surface area contributed by atoms with E-state index in [-0.39, 0.29) is 35.4 Å². The van der Waals surface area contributed by atoms with Gasteiger partial charge in [0.1, 0.15) is 4.47 Å². The Labute approximate surface area is 277 Å². The van der Waals surface area contributed by atoms with Gasteiger partial charge >= 0.3 is 6.03 Å². The van der Waals surface area contributed by atoms with Crippen LogP contribution in [0.1, 0.15) is 64.6 Å². The smallest absolute Gasteiger partial charge is 0.324 e. The summed E-state index contributed by atoms with van der Waals surface area (Å²) in [5.41, 5.74) is 4.70. The highest BCUT2D eigenvalue weighted by molar-refractivity contribution is 9.10. The number of hydrogen-bond donors (Lipinski definition) is 2. The van der Waals surface area contributed by atoms with E-state index < -0.39 is 0 Å². The zero-order valence-corrected chi connectivity index (χ0v) is 27.8. The summed E-state index contributed by atoms with van der Waals surface area (Å²) in [5, 5.41) is 10.0. The summed E-state index contributed by atoms with van der Waals surface area (Å²) in [7, 11) is 3.73. The largest absolute Gasteiger partial charge is 0.379 e. The lowest BCUT2D eigenvalue weighted by molar-refractivity contribution is -0.121. The van der Waals surface area contributed by atoms with Gasteiger partial charge in [-0.3, -0.25) is 19.7 Å². The molecule has 46 heavy (non-hydrogen) atoms. The zero-order valence-electron chi connectivity index (χ0n) is 26.2.